The Morgan fingerprint density at radius 1 is 1.30 bits per heavy atom. The Labute approximate surface area is 134 Å². The monoisotopic (exact) mass is 313 g/mol. The Morgan fingerprint density at radius 3 is 2.87 bits per heavy atom. The van der Waals surface area contributed by atoms with Gasteiger partial charge in [-0.2, -0.15) is 0 Å². The number of ether oxygens (including phenoxy) is 1. The molecule has 0 radical (unpaired) electrons. The highest BCUT2D eigenvalue weighted by Gasteiger charge is 2.20. The van der Waals surface area contributed by atoms with Gasteiger partial charge >= 0.3 is 5.97 Å². The molecule has 120 valence electrons. The van der Waals surface area contributed by atoms with Gasteiger partial charge in [-0.1, -0.05) is 0 Å². The summed E-state index contributed by atoms with van der Waals surface area (Å²) in [5.74, 6) is 1.07. The van der Waals surface area contributed by atoms with Crippen LogP contribution in [0.4, 0.5) is 5.82 Å². The maximum Gasteiger partial charge on any atom is 0.335 e. The van der Waals surface area contributed by atoms with Crippen LogP contribution in [0.25, 0.3) is 5.82 Å². The lowest BCUT2D eigenvalue weighted by Gasteiger charge is -2.20. The first-order valence-electron chi connectivity index (χ1n) is 7.76. The quantitative estimate of drug-likeness (QED) is 0.854. The van der Waals surface area contributed by atoms with Gasteiger partial charge in [0.1, 0.15) is 6.33 Å². The average molecular weight is 313 g/mol. The van der Waals surface area contributed by atoms with Gasteiger partial charge in [-0.05, 0) is 44.7 Å². The highest BCUT2D eigenvalue weighted by molar-refractivity contribution is 5.90. The van der Waals surface area contributed by atoms with Gasteiger partial charge < -0.3 is 10.1 Å². The van der Waals surface area contributed by atoms with E-state index in [9.17, 15) is 4.79 Å². The maximum atomic E-state index is 12.0. The molecule has 0 aliphatic heterocycles. The van der Waals surface area contributed by atoms with E-state index < -0.39 is 0 Å². The number of carbonyl (C=O) groups is 1. The Hall–Kier alpha value is -2.70. The molecule has 2 aromatic heterocycles. The second-order valence-electron chi connectivity index (χ2n) is 5.26. The third-order valence-electron chi connectivity index (χ3n) is 3.69. The number of hydrogen-bond acceptors (Lipinski definition) is 6. The smallest absolute Gasteiger partial charge is 0.335 e. The molecule has 2 heterocycles. The van der Waals surface area contributed by atoms with Crippen LogP contribution < -0.4 is 5.32 Å². The molecule has 0 atom stereocenters. The predicted molar refractivity (Wildman–Crippen MR) is 84.9 cm³/mol. The fraction of sp³-hybridized carbons (Fsp3) is 0.375. The van der Waals surface area contributed by atoms with Crippen molar-refractivity contribution < 1.29 is 9.53 Å². The normalized spacial score (nSPS) is 14.7. The largest absolute Gasteiger partial charge is 0.463 e. The van der Waals surface area contributed by atoms with Crippen LogP contribution >= 0.6 is 0 Å². The zero-order valence-electron chi connectivity index (χ0n) is 13.0. The summed E-state index contributed by atoms with van der Waals surface area (Å²) in [5.41, 5.74) is 1.61. The molecular weight excluding hydrogens is 294 g/mol. The van der Waals surface area contributed by atoms with Crippen molar-refractivity contribution in [2.45, 2.75) is 32.6 Å². The van der Waals surface area contributed by atoms with Crippen molar-refractivity contribution >= 4 is 11.8 Å². The number of esters is 1. The molecule has 0 fully saturated rings. The molecular formula is C16H19N5O2. The predicted octanol–water partition coefficient (Wildman–Crippen LogP) is 2.47. The number of anilines is 1. The van der Waals surface area contributed by atoms with Gasteiger partial charge in [0.25, 0.3) is 0 Å². The summed E-state index contributed by atoms with van der Waals surface area (Å²) in [5, 5.41) is 11.6. The zero-order chi connectivity index (χ0) is 16.1. The maximum absolute atomic E-state index is 12.0. The van der Waals surface area contributed by atoms with E-state index in [1.165, 1.54) is 0 Å². The van der Waals surface area contributed by atoms with E-state index in [1.54, 1.807) is 23.3 Å². The van der Waals surface area contributed by atoms with Crippen LogP contribution in [0.3, 0.4) is 0 Å². The van der Waals surface area contributed by atoms with Crippen molar-refractivity contribution in [1.29, 1.82) is 0 Å². The van der Waals surface area contributed by atoms with Crippen molar-refractivity contribution in [2.75, 3.05) is 11.9 Å². The summed E-state index contributed by atoms with van der Waals surface area (Å²) >= 11 is 0. The molecule has 0 saturated heterocycles. The van der Waals surface area contributed by atoms with E-state index in [0.29, 0.717) is 18.2 Å². The van der Waals surface area contributed by atoms with Crippen molar-refractivity contribution in [2.24, 2.45) is 0 Å². The van der Waals surface area contributed by atoms with Crippen molar-refractivity contribution in [1.82, 2.24) is 19.7 Å². The molecule has 0 amide bonds. The number of nitrogens with one attached hydrogen (secondary N) is 1. The first-order chi connectivity index (χ1) is 11.3. The first-order valence-corrected chi connectivity index (χ1v) is 7.76. The molecule has 7 heteroatoms. The molecule has 1 aliphatic rings. The van der Waals surface area contributed by atoms with Gasteiger partial charge in [-0.3, -0.25) is 4.57 Å². The van der Waals surface area contributed by atoms with E-state index in [-0.39, 0.29) is 5.97 Å². The van der Waals surface area contributed by atoms with E-state index in [4.69, 9.17) is 4.74 Å². The van der Waals surface area contributed by atoms with E-state index >= 15 is 0 Å². The number of imidazole rings is 1. The third kappa shape index (κ3) is 3.56. The summed E-state index contributed by atoms with van der Waals surface area (Å²) in [6, 6.07) is 3.69. The third-order valence-corrected chi connectivity index (χ3v) is 3.69. The summed E-state index contributed by atoms with van der Waals surface area (Å²) in [6.45, 7) is 2.20. The molecule has 23 heavy (non-hydrogen) atoms. The standard InChI is InChI=1S/C16H19N5O2/c1-2-23-16(22)12-5-3-4-6-13(12)18-14-7-8-15(20-19-14)21-10-9-17-11-21/h7-11H,2-6H2,1H3,(H,18,19). The van der Waals surface area contributed by atoms with Crippen LogP contribution in [-0.2, 0) is 9.53 Å². The Kier molecular flexibility index (Phi) is 4.65. The van der Waals surface area contributed by atoms with E-state index in [0.717, 1.165) is 37.0 Å². The van der Waals surface area contributed by atoms with Gasteiger partial charge in [0.15, 0.2) is 11.6 Å². The van der Waals surface area contributed by atoms with Crippen molar-refractivity contribution in [3.05, 3.63) is 42.1 Å². The average Bonchev–Trinajstić information content (AvgIpc) is 3.11. The molecule has 0 unspecified atom stereocenters. The molecule has 2 aromatic rings. The van der Waals surface area contributed by atoms with E-state index in [1.807, 2.05) is 19.1 Å². The van der Waals surface area contributed by atoms with Crippen LogP contribution in [0, 0.1) is 0 Å². The summed E-state index contributed by atoms with van der Waals surface area (Å²) in [4.78, 5) is 16.0. The van der Waals surface area contributed by atoms with Crippen LogP contribution in [0.1, 0.15) is 32.6 Å². The number of hydrogen-bond donors (Lipinski definition) is 1. The fourth-order valence-electron chi connectivity index (χ4n) is 2.57. The lowest BCUT2D eigenvalue weighted by Crippen LogP contribution is -2.17. The number of allylic oxidation sites excluding steroid dienone is 1. The Bertz CT molecular complexity index is 692. The molecule has 1 aliphatic carbocycles. The van der Waals surface area contributed by atoms with Gasteiger partial charge in [-0.25, -0.2) is 9.78 Å². The van der Waals surface area contributed by atoms with Gasteiger partial charge in [-0.15, -0.1) is 10.2 Å². The Balaban J connectivity index is 1.78. The number of carbonyl (C=O) groups excluding carboxylic acids is 1. The van der Waals surface area contributed by atoms with Crippen LogP contribution in [0.15, 0.2) is 42.1 Å². The van der Waals surface area contributed by atoms with Crippen LogP contribution in [0.5, 0.6) is 0 Å². The first kappa shape index (κ1) is 15.2. The van der Waals surface area contributed by atoms with Crippen LogP contribution in [0.2, 0.25) is 0 Å². The number of nitrogens with zero attached hydrogens (tertiary/aromatic N) is 4. The number of rotatable bonds is 5. The van der Waals surface area contributed by atoms with Crippen molar-refractivity contribution in [3.8, 4) is 5.82 Å². The molecule has 0 aromatic carbocycles. The Morgan fingerprint density at radius 2 is 2.17 bits per heavy atom. The lowest BCUT2D eigenvalue weighted by molar-refractivity contribution is -0.138. The minimum absolute atomic E-state index is 0.238. The topological polar surface area (TPSA) is 81.9 Å². The SMILES string of the molecule is CCOC(=O)C1=C(Nc2ccc(-n3ccnc3)nn2)CCCC1. The minimum atomic E-state index is -0.238. The highest BCUT2D eigenvalue weighted by atomic mass is 16.5. The van der Waals surface area contributed by atoms with Crippen LogP contribution in [-0.4, -0.2) is 32.3 Å². The molecule has 0 saturated carbocycles. The highest BCUT2D eigenvalue weighted by Crippen LogP contribution is 2.26. The lowest BCUT2D eigenvalue weighted by atomic mass is 9.96. The summed E-state index contributed by atoms with van der Waals surface area (Å²) < 4.78 is 6.91. The van der Waals surface area contributed by atoms with Gasteiger partial charge in [0.05, 0.1) is 12.2 Å². The molecule has 0 spiro atoms. The number of aromatic nitrogens is 4. The minimum Gasteiger partial charge on any atom is -0.463 e. The fourth-order valence-corrected chi connectivity index (χ4v) is 2.57. The molecule has 1 N–H and O–H groups in total. The van der Waals surface area contributed by atoms with E-state index in [2.05, 4.69) is 20.5 Å². The van der Waals surface area contributed by atoms with Crippen molar-refractivity contribution in [3.63, 3.8) is 0 Å². The molecule has 0 bridgehead atoms. The second-order valence-corrected chi connectivity index (χ2v) is 5.26. The molecule has 3 rings (SSSR count). The zero-order valence-corrected chi connectivity index (χ0v) is 13.0. The van der Waals surface area contributed by atoms with Gasteiger partial charge in [0.2, 0.25) is 0 Å². The van der Waals surface area contributed by atoms with Gasteiger partial charge in [0, 0.05) is 18.1 Å². The summed E-state index contributed by atoms with van der Waals surface area (Å²) in [6.07, 6.45) is 8.77. The summed E-state index contributed by atoms with van der Waals surface area (Å²) in [7, 11) is 0. The second kappa shape index (κ2) is 7.04. The molecule has 7 nitrogen and oxygen atoms in total.